The quantitative estimate of drug-likeness (QED) is 0.484. The number of hydrogen-bond acceptors (Lipinski definition) is 3. The second-order valence-corrected chi connectivity index (χ2v) is 3.29. The van der Waals surface area contributed by atoms with Gasteiger partial charge in [-0.15, -0.1) is 0 Å². The van der Waals surface area contributed by atoms with E-state index in [2.05, 4.69) is 4.18 Å². The third-order valence-electron chi connectivity index (χ3n) is 0.824. The summed E-state index contributed by atoms with van der Waals surface area (Å²) >= 11 is 0. The van der Waals surface area contributed by atoms with Gasteiger partial charge in [0, 0.05) is 0 Å². The van der Waals surface area contributed by atoms with Gasteiger partial charge in [-0.2, -0.15) is 8.42 Å². The predicted octanol–water partition coefficient (Wildman–Crippen LogP) is 1.79. The summed E-state index contributed by atoms with van der Waals surface area (Å²) < 4.78 is 25.9. The van der Waals surface area contributed by atoms with Gasteiger partial charge in [-0.25, -0.2) is 0 Å². The van der Waals surface area contributed by atoms with Crippen molar-refractivity contribution in [2.45, 2.75) is 20.3 Å². The first-order valence-corrected chi connectivity index (χ1v) is 4.80. The first kappa shape index (κ1) is 10.2. The van der Waals surface area contributed by atoms with E-state index in [4.69, 9.17) is 0 Å². The van der Waals surface area contributed by atoms with E-state index in [9.17, 15) is 8.42 Å². The first-order valence-electron chi connectivity index (χ1n) is 3.33. The molecule has 0 bridgehead atoms. The minimum Gasteiger partial charge on any atom is -0.388 e. The van der Waals surface area contributed by atoms with Gasteiger partial charge in [0.1, 0.15) is 6.26 Å². The van der Waals surface area contributed by atoms with Crippen LogP contribution >= 0.6 is 0 Å². The molecule has 0 amide bonds. The van der Waals surface area contributed by atoms with E-state index in [1.165, 1.54) is 12.3 Å². The Balaban J connectivity index is 4.04. The number of allylic oxidation sites excluding steroid dienone is 2. The Bertz CT molecular complexity index is 236. The van der Waals surface area contributed by atoms with Crippen molar-refractivity contribution in [3.8, 4) is 0 Å². The van der Waals surface area contributed by atoms with E-state index in [1.807, 2.05) is 6.92 Å². The molecule has 0 spiro atoms. The SMILES string of the molecule is CC=CS(=O)(=O)OC=CCC. The summed E-state index contributed by atoms with van der Waals surface area (Å²) in [4.78, 5) is 0. The molecule has 0 atom stereocenters. The molecule has 0 rings (SSSR count). The van der Waals surface area contributed by atoms with Crippen molar-refractivity contribution >= 4 is 10.1 Å². The Morgan fingerprint density at radius 1 is 1.45 bits per heavy atom. The molecule has 64 valence electrons. The zero-order chi connectivity index (χ0) is 8.74. The molecule has 0 aliphatic heterocycles. The standard InChI is InChI=1S/C7H12O3S/c1-3-5-6-10-11(8,9)7-4-2/h4-7H,3H2,1-2H3. The largest absolute Gasteiger partial charge is 0.388 e. The zero-order valence-electron chi connectivity index (χ0n) is 6.65. The molecule has 0 fully saturated rings. The second-order valence-electron chi connectivity index (χ2n) is 1.84. The third-order valence-corrected chi connectivity index (χ3v) is 1.81. The molecule has 0 aromatic carbocycles. The van der Waals surface area contributed by atoms with Gasteiger partial charge < -0.3 is 4.18 Å². The van der Waals surface area contributed by atoms with E-state index in [-0.39, 0.29) is 0 Å². The van der Waals surface area contributed by atoms with Gasteiger partial charge >= 0.3 is 10.1 Å². The lowest BCUT2D eigenvalue weighted by atomic mass is 10.5. The Kier molecular flexibility index (Phi) is 4.61. The van der Waals surface area contributed by atoms with E-state index >= 15 is 0 Å². The summed E-state index contributed by atoms with van der Waals surface area (Å²) in [5.41, 5.74) is 0. The fraction of sp³-hybridized carbons (Fsp3) is 0.429. The molecular weight excluding hydrogens is 164 g/mol. The minimum absolute atomic E-state index is 0.755. The highest BCUT2D eigenvalue weighted by atomic mass is 32.2. The van der Waals surface area contributed by atoms with Crippen LogP contribution in [0.25, 0.3) is 0 Å². The molecule has 4 heteroatoms. The molecular formula is C7H12O3S. The molecule has 0 aromatic rings. The minimum atomic E-state index is -3.47. The average molecular weight is 176 g/mol. The summed E-state index contributed by atoms with van der Waals surface area (Å²) in [6, 6.07) is 0. The Morgan fingerprint density at radius 2 is 2.09 bits per heavy atom. The Hall–Kier alpha value is -0.770. The summed E-state index contributed by atoms with van der Waals surface area (Å²) in [6.07, 6.45) is 4.97. The normalized spacial score (nSPS) is 12.9. The zero-order valence-corrected chi connectivity index (χ0v) is 7.47. The van der Waals surface area contributed by atoms with Crippen LogP contribution in [0, 0.1) is 0 Å². The van der Waals surface area contributed by atoms with Crippen molar-refractivity contribution in [1.82, 2.24) is 0 Å². The van der Waals surface area contributed by atoms with Gasteiger partial charge in [-0.3, -0.25) is 0 Å². The van der Waals surface area contributed by atoms with Gasteiger partial charge in [-0.05, 0) is 19.4 Å². The molecule has 0 aliphatic rings. The fourth-order valence-electron chi connectivity index (χ4n) is 0.412. The van der Waals surface area contributed by atoms with E-state index in [0.717, 1.165) is 11.8 Å². The van der Waals surface area contributed by atoms with Crippen LogP contribution in [0.3, 0.4) is 0 Å². The smallest absolute Gasteiger partial charge is 0.331 e. The highest BCUT2D eigenvalue weighted by Gasteiger charge is 2.00. The first-order chi connectivity index (χ1) is 5.12. The summed E-state index contributed by atoms with van der Waals surface area (Å²) in [5, 5.41) is 1.01. The van der Waals surface area contributed by atoms with Crippen molar-refractivity contribution in [3.05, 3.63) is 23.8 Å². The molecule has 11 heavy (non-hydrogen) atoms. The molecule has 0 heterocycles. The van der Waals surface area contributed by atoms with Gasteiger partial charge in [0.15, 0.2) is 0 Å². The third kappa shape index (κ3) is 5.66. The number of rotatable bonds is 4. The lowest BCUT2D eigenvalue weighted by molar-refractivity contribution is 0.452. The fourth-order valence-corrected chi connectivity index (χ4v) is 1.04. The molecule has 0 unspecified atom stereocenters. The van der Waals surface area contributed by atoms with Crippen LogP contribution < -0.4 is 0 Å². The molecule has 3 nitrogen and oxygen atoms in total. The maximum atomic E-state index is 10.7. The molecule has 0 N–H and O–H groups in total. The molecule has 0 saturated carbocycles. The van der Waals surface area contributed by atoms with E-state index in [1.54, 1.807) is 13.0 Å². The molecule has 0 aromatic heterocycles. The molecule has 0 aliphatic carbocycles. The van der Waals surface area contributed by atoms with Gasteiger partial charge in [0.25, 0.3) is 0 Å². The summed E-state index contributed by atoms with van der Waals surface area (Å²) in [6.45, 7) is 3.51. The monoisotopic (exact) mass is 176 g/mol. The summed E-state index contributed by atoms with van der Waals surface area (Å²) in [7, 11) is -3.47. The van der Waals surface area contributed by atoms with Crippen LogP contribution in [0.4, 0.5) is 0 Å². The maximum Gasteiger partial charge on any atom is 0.331 e. The molecule has 0 saturated heterocycles. The topological polar surface area (TPSA) is 43.4 Å². The van der Waals surface area contributed by atoms with Crippen LogP contribution in [0.5, 0.6) is 0 Å². The van der Waals surface area contributed by atoms with Crippen LogP contribution in [0.2, 0.25) is 0 Å². The van der Waals surface area contributed by atoms with E-state index < -0.39 is 10.1 Å². The van der Waals surface area contributed by atoms with Crippen molar-refractivity contribution in [3.63, 3.8) is 0 Å². The summed E-state index contributed by atoms with van der Waals surface area (Å²) in [5.74, 6) is 0. The van der Waals surface area contributed by atoms with Crippen molar-refractivity contribution in [2.24, 2.45) is 0 Å². The average Bonchev–Trinajstić information content (AvgIpc) is 1.87. The highest BCUT2D eigenvalue weighted by Crippen LogP contribution is 1.96. The van der Waals surface area contributed by atoms with Crippen LogP contribution in [0.15, 0.2) is 23.8 Å². The van der Waals surface area contributed by atoms with Gasteiger partial charge in [0.2, 0.25) is 0 Å². The Morgan fingerprint density at radius 3 is 2.55 bits per heavy atom. The lowest BCUT2D eigenvalue weighted by Crippen LogP contribution is -1.94. The lowest BCUT2D eigenvalue weighted by Gasteiger charge is -1.93. The van der Waals surface area contributed by atoms with Crippen molar-refractivity contribution in [2.75, 3.05) is 0 Å². The van der Waals surface area contributed by atoms with Crippen LogP contribution in [0.1, 0.15) is 20.3 Å². The van der Waals surface area contributed by atoms with Crippen LogP contribution in [-0.4, -0.2) is 8.42 Å². The Labute approximate surface area is 67.5 Å². The van der Waals surface area contributed by atoms with Crippen molar-refractivity contribution in [1.29, 1.82) is 0 Å². The van der Waals surface area contributed by atoms with Crippen LogP contribution in [-0.2, 0) is 14.3 Å². The van der Waals surface area contributed by atoms with Crippen molar-refractivity contribution < 1.29 is 12.6 Å². The molecule has 0 radical (unpaired) electrons. The second kappa shape index (κ2) is 4.96. The van der Waals surface area contributed by atoms with Gasteiger partial charge in [0.05, 0.1) is 5.41 Å². The van der Waals surface area contributed by atoms with Gasteiger partial charge in [-0.1, -0.05) is 13.0 Å². The predicted molar refractivity (Wildman–Crippen MR) is 44.2 cm³/mol. The van der Waals surface area contributed by atoms with E-state index in [0.29, 0.717) is 0 Å². The maximum absolute atomic E-state index is 10.7. The number of hydrogen-bond donors (Lipinski definition) is 0. The highest BCUT2D eigenvalue weighted by molar-refractivity contribution is 7.89.